The van der Waals surface area contributed by atoms with Gasteiger partial charge in [0.1, 0.15) is 0 Å². The van der Waals surface area contributed by atoms with Crippen molar-refractivity contribution in [3.63, 3.8) is 0 Å². The Morgan fingerprint density at radius 3 is 2.58 bits per heavy atom. The van der Waals surface area contributed by atoms with E-state index in [1.165, 1.54) is 0 Å². The molecule has 9 nitrogen and oxygen atoms in total. The lowest BCUT2D eigenvalue weighted by atomic mass is 9.71. The number of amides is 1. The number of ketones is 1. The third kappa shape index (κ3) is 3.69. The molecule has 1 amide bonds. The summed E-state index contributed by atoms with van der Waals surface area (Å²) >= 11 is 0. The molecule has 4 rings (SSSR count). The molecule has 0 radical (unpaired) electrons. The van der Waals surface area contributed by atoms with Gasteiger partial charge in [-0.25, -0.2) is 9.86 Å². The van der Waals surface area contributed by atoms with Gasteiger partial charge in [-0.1, -0.05) is 19.9 Å². The molecular weight excluding hydrogens is 418 g/mol. The normalized spacial score (nSPS) is 14.9. The summed E-state index contributed by atoms with van der Waals surface area (Å²) in [7, 11) is -3.81. The Labute approximate surface area is 179 Å². The van der Waals surface area contributed by atoms with Crippen LogP contribution in [0, 0.1) is 0 Å². The van der Waals surface area contributed by atoms with Gasteiger partial charge in [0.2, 0.25) is 0 Å². The van der Waals surface area contributed by atoms with Crippen molar-refractivity contribution in [3.8, 4) is 0 Å². The minimum atomic E-state index is -3.81. The fourth-order valence-electron chi connectivity index (χ4n) is 4.06. The molecule has 0 bridgehead atoms. The average molecular weight is 442 g/mol. The molecule has 10 heteroatoms. The zero-order chi connectivity index (χ0) is 22.6. The van der Waals surface area contributed by atoms with Gasteiger partial charge in [0.05, 0.1) is 5.56 Å². The quantitative estimate of drug-likeness (QED) is 0.296. The molecule has 1 aromatic heterocycles. The number of fused-ring (bicyclic) bond motifs is 4. The summed E-state index contributed by atoms with van der Waals surface area (Å²) in [6, 6.07) is 10.4. The molecule has 0 aliphatic heterocycles. The van der Waals surface area contributed by atoms with Gasteiger partial charge in [-0.3, -0.25) is 9.59 Å². The van der Waals surface area contributed by atoms with Crippen LogP contribution in [0.4, 0.5) is 5.69 Å². The molecule has 7 N–H and O–H groups in total. The molecule has 0 atom stereocenters. The Bertz CT molecular complexity index is 1340. The first-order valence-electron chi connectivity index (χ1n) is 9.65. The third-order valence-electron chi connectivity index (χ3n) is 5.59. The van der Waals surface area contributed by atoms with E-state index in [2.05, 4.69) is 15.0 Å². The standard InChI is InChI=1S/C21H23N5O4S/c1-21(2)15-9-11(20(28)24-7-8-25-31(23,29)30)3-5-13(15)18(27)17-14-6-4-12(22)10-16(14)26-19(17)21/h3-6,9-10,25-26H,7-8,22H2,1-2H3,(H,24,28)(H2,23,29,30). The molecule has 2 aromatic carbocycles. The van der Waals surface area contributed by atoms with Crippen molar-refractivity contribution in [2.45, 2.75) is 19.3 Å². The van der Waals surface area contributed by atoms with Crippen molar-refractivity contribution in [2.24, 2.45) is 5.14 Å². The average Bonchev–Trinajstić information content (AvgIpc) is 3.08. The second-order valence-corrected chi connectivity index (χ2v) is 9.47. The smallest absolute Gasteiger partial charge is 0.274 e. The van der Waals surface area contributed by atoms with Crippen LogP contribution in [-0.4, -0.2) is 38.2 Å². The highest BCUT2D eigenvalue weighted by atomic mass is 32.2. The molecule has 1 heterocycles. The Kier molecular flexibility index (Phi) is 4.88. The Hall–Kier alpha value is -3.21. The second kappa shape index (κ2) is 7.19. The number of nitrogens with one attached hydrogen (secondary N) is 3. The molecule has 31 heavy (non-hydrogen) atoms. The van der Waals surface area contributed by atoms with Crippen LogP contribution in [0.2, 0.25) is 0 Å². The number of H-pyrrole nitrogens is 1. The number of hydrogen-bond acceptors (Lipinski definition) is 5. The van der Waals surface area contributed by atoms with E-state index < -0.39 is 15.6 Å². The maximum atomic E-state index is 13.3. The van der Waals surface area contributed by atoms with Gasteiger partial charge >= 0.3 is 0 Å². The monoisotopic (exact) mass is 441 g/mol. The summed E-state index contributed by atoms with van der Waals surface area (Å²) < 4.78 is 23.9. The number of nitrogens with two attached hydrogens (primary N) is 2. The van der Waals surface area contributed by atoms with Crippen LogP contribution in [0.5, 0.6) is 0 Å². The third-order valence-corrected chi connectivity index (χ3v) is 6.19. The number of aromatic nitrogens is 1. The summed E-state index contributed by atoms with van der Waals surface area (Å²) in [5, 5.41) is 8.32. The van der Waals surface area contributed by atoms with Crippen LogP contribution in [0.3, 0.4) is 0 Å². The van der Waals surface area contributed by atoms with Gasteiger partial charge in [0, 0.05) is 51.9 Å². The van der Waals surface area contributed by atoms with Crippen molar-refractivity contribution >= 4 is 38.5 Å². The van der Waals surface area contributed by atoms with E-state index in [0.717, 1.165) is 22.2 Å². The Balaban J connectivity index is 1.67. The van der Waals surface area contributed by atoms with Crippen LogP contribution >= 0.6 is 0 Å². The van der Waals surface area contributed by atoms with E-state index in [4.69, 9.17) is 10.9 Å². The lowest BCUT2D eigenvalue weighted by Gasteiger charge is -2.32. The van der Waals surface area contributed by atoms with Crippen LogP contribution in [-0.2, 0) is 15.6 Å². The predicted octanol–water partition coefficient (Wildman–Crippen LogP) is 1.14. The molecule has 0 saturated carbocycles. The molecule has 0 spiro atoms. The van der Waals surface area contributed by atoms with Gasteiger partial charge in [-0.2, -0.15) is 8.42 Å². The number of aromatic amines is 1. The van der Waals surface area contributed by atoms with Crippen LogP contribution < -0.4 is 20.9 Å². The number of carbonyl (C=O) groups excluding carboxylic acids is 2. The van der Waals surface area contributed by atoms with E-state index >= 15 is 0 Å². The lowest BCUT2D eigenvalue weighted by Crippen LogP contribution is -2.38. The van der Waals surface area contributed by atoms with E-state index in [-0.39, 0.29) is 24.8 Å². The Morgan fingerprint density at radius 2 is 1.87 bits per heavy atom. The van der Waals surface area contributed by atoms with Crippen molar-refractivity contribution in [1.82, 2.24) is 15.0 Å². The Morgan fingerprint density at radius 1 is 1.13 bits per heavy atom. The number of nitrogen functional groups attached to an aromatic ring is 1. The van der Waals surface area contributed by atoms with Gasteiger partial charge in [0.25, 0.3) is 16.1 Å². The summed E-state index contributed by atoms with van der Waals surface area (Å²) in [4.78, 5) is 29.2. The van der Waals surface area contributed by atoms with Crippen LogP contribution in [0.15, 0.2) is 36.4 Å². The van der Waals surface area contributed by atoms with Crippen molar-refractivity contribution in [1.29, 1.82) is 0 Å². The molecule has 0 fully saturated rings. The van der Waals surface area contributed by atoms with Crippen molar-refractivity contribution in [3.05, 3.63) is 64.3 Å². The zero-order valence-corrected chi connectivity index (χ0v) is 17.9. The largest absolute Gasteiger partial charge is 0.399 e. The summed E-state index contributed by atoms with van der Waals surface area (Å²) in [6.07, 6.45) is 0. The molecule has 162 valence electrons. The number of rotatable bonds is 5. The van der Waals surface area contributed by atoms with Crippen molar-refractivity contribution in [2.75, 3.05) is 18.8 Å². The van der Waals surface area contributed by atoms with E-state index in [0.29, 0.717) is 22.4 Å². The van der Waals surface area contributed by atoms with E-state index in [1.807, 2.05) is 19.9 Å². The second-order valence-electron chi connectivity index (χ2n) is 8.09. The summed E-state index contributed by atoms with van der Waals surface area (Å²) in [5.74, 6) is -0.484. The number of benzene rings is 2. The highest BCUT2D eigenvalue weighted by Crippen LogP contribution is 2.44. The number of carbonyl (C=O) groups is 2. The molecule has 0 saturated heterocycles. The molecule has 1 aliphatic rings. The van der Waals surface area contributed by atoms with Gasteiger partial charge in [-0.15, -0.1) is 0 Å². The highest BCUT2D eigenvalue weighted by molar-refractivity contribution is 7.87. The van der Waals surface area contributed by atoms with Crippen LogP contribution in [0.1, 0.15) is 51.4 Å². The molecule has 0 unspecified atom stereocenters. The SMILES string of the molecule is CC1(C)c2cc(C(=O)NCCNS(N)(=O)=O)ccc2C(=O)c2c1[nH]c1cc(N)ccc21. The zero-order valence-electron chi connectivity index (χ0n) is 17.1. The number of anilines is 1. The minimum Gasteiger partial charge on any atom is -0.399 e. The predicted molar refractivity (Wildman–Crippen MR) is 118 cm³/mol. The maximum absolute atomic E-state index is 13.3. The molecule has 1 aliphatic carbocycles. The van der Waals surface area contributed by atoms with Gasteiger partial charge in [-0.05, 0) is 35.9 Å². The number of hydrogen-bond donors (Lipinski definition) is 5. The van der Waals surface area contributed by atoms with E-state index in [1.54, 1.807) is 30.3 Å². The molecule has 3 aromatic rings. The van der Waals surface area contributed by atoms with Gasteiger partial charge < -0.3 is 16.0 Å². The fourth-order valence-corrected chi connectivity index (χ4v) is 4.45. The molecular formula is C21H23N5O4S. The first-order valence-corrected chi connectivity index (χ1v) is 11.2. The topological polar surface area (TPSA) is 160 Å². The fraction of sp³-hybridized carbons (Fsp3) is 0.238. The van der Waals surface area contributed by atoms with Crippen molar-refractivity contribution < 1.29 is 18.0 Å². The maximum Gasteiger partial charge on any atom is 0.274 e. The minimum absolute atomic E-state index is 0.0267. The first-order chi connectivity index (χ1) is 14.5. The summed E-state index contributed by atoms with van der Waals surface area (Å²) in [6.45, 7) is 4.03. The van der Waals surface area contributed by atoms with E-state index in [9.17, 15) is 18.0 Å². The van der Waals surface area contributed by atoms with Gasteiger partial charge in [0.15, 0.2) is 5.78 Å². The highest BCUT2D eigenvalue weighted by Gasteiger charge is 2.39. The summed E-state index contributed by atoms with van der Waals surface area (Å²) in [5.41, 5.74) is 9.79. The lowest BCUT2D eigenvalue weighted by molar-refractivity contribution is 0.0952. The first kappa shape index (κ1) is 21.0. The van der Waals surface area contributed by atoms with Crippen LogP contribution in [0.25, 0.3) is 10.9 Å².